The molecule has 6 heteroatoms. The highest BCUT2D eigenvalue weighted by atomic mass is 32.1. The number of hydrogen-bond donors (Lipinski definition) is 4. The molecule has 1 heterocycles. The van der Waals surface area contributed by atoms with Gasteiger partial charge in [-0.3, -0.25) is 0 Å². The highest BCUT2D eigenvalue weighted by molar-refractivity contribution is 7.09. The molecule has 0 saturated heterocycles. The molecule has 5 nitrogen and oxygen atoms in total. The van der Waals surface area contributed by atoms with E-state index in [9.17, 15) is 10.2 Å². The highest BCUT2D eigenvalue weighted by Gasteiger charge is 2.20. The van der Waals surface area contributed by atoms with Crippen LogP contribution in [0, 0.1) is 0 Å². The van der Waals surface area contributed by atoms with E-state index in [1.165, 1.54) is 11.3 Å². The summed E-state index contributed by atoms with van der Waals surface area (Å²) in [6.45, 7) is -0.365. The maximum Gasteiger partial charge on any atom is 0.131 e. The predicted molar refractivity (Wildman–Crippen MR) is 50.7 cm³/mol. The van der Waals surface area contributed by atoms with Gasteiger partial charge >= 0.3 is 0 Å². The molecule has 0 radical (unpaired) electrons. The van der Waals surface area contributed by atoms with Crippen LogP contribution < -0.4 is 0 Å². The SMILES string of the molecule is OCCC(O)C(O)c1nc(CO)cs1. The molecule has 0 spiro atoms. The molecule has 1 aromatic rings. The largest absolute Gasteiger partial charge is 0.396 e. The second-order valence-electron chi connectivity index (χ2n) is 2.86. The van der Waals surface area contributed by atoms with Crippen molar-refractivity contribution in [3.8, 4) is 0 Å². The molecule has 14 heavy (non-hydrogen) atoms. The van der Waals surface area contributed by atoms with Crippen molar-refractivity contribution in [2.75, 3.05) is 6.61 Å². The third-order valence-electron chi connectivity index (χ3n) is 1.77. The van der Waals surface area contributed by atoms with Crippen molar-refractivity contribution in [3.05, 3.63) is 16.1 Å². The van der Waals surface area contributed by atoms with Gasteiger partial charge in [0.2, 0.25) is 0 Å². The minimum atomic E-state index is -1.09. The van der Waals surface area contributed by atoms with Gasteiger partial charge < -0.3 is 20.4 Å². The van der Waals surface area contributed by atoms with Crippen molar-refractivity contribution in [2.24, 2.45) is 0 Å². The Kier molecular flexibility index (Phi) is 4.43. The Bertz CT molecular complexity index is 278. The van der Waals surface area contributed by atoms with Gasteiger partial charge in [-0.15, -0.1) is 11.3 Å². The Morgan fingerprint density at radius 2 is 2.07 bits per heavy atom. The summed E-state index contributed by atoms with van der Waals surface area (Å²) >= 11 is 1.17. The lowest BCUT2D eigenvalue weighted by molar-refractivity contribution is 0.00397. The Morgan fingerprint density at radius 3 is 2.57 bits per heavy atom. The number of hydrogen-bond acceptors (Lipinski definition) is 6. The van der Waals surface area contributed by atoms with Crippen LogP contribution in [-0.2, 0) is 6.61 Å². The van der Waals surface area contributed by atoms with Gasteiger partial charge in [-0.2, -0.15) is 0 Å². The summed E-state index contributed by atoms with van der Waals surface area (Å²) in [5, 5.41) is 38.1. The number of aliphatic hydroxyl groups is 4. The molecule has 0 aliphatic carbocycles. The highest BCUT2D eigenvalue weighted by Crippen LogP contribution is 2.22. The number of aromatic nitrogens is 1. The average molecular weight is 219 g/mol. The summed E-state index contributed by atoms with van der Waals surface area (Å²) in [4.78, 5) is 3.91. The van der Waals surface area contributed by atoms with Gasteiger partial charge in [0.05, 0.1) is 18.4 Å². The van der Waals surface area contributed by atoms with E-state index < -0.39 is 12.2 Å². The predicted octanol–water partition coefficient (Wildman–Crippen LogP) is -0.588. The Balaban J connectivity index is 2.63. The molecule has 4 N–H and O–H groups in total. The van der Waals surface area contributed by atoms with Crippen LogP contribution in [0.1, 0.15) is 23.2 Å². The topological polar surface area (TPSA) is 93.8 Å². The zero-order chi connectivity index (χ0) is 10.6. The van der Waals surface area contributed by atoms with Crippen LogP contribution >= 0.6 is 11.3 Å². The minimum absolute atomic E-state index is 0.106. The lowest BCUT2D eigenvalue weighted by Gasteiger charge is -2.13. The molecule has 1 rings (SSSR count). The molecule has 0 aliphatic rings. The summed E-state index contributed by atoms with van der Waals surface area (Å²) in [6, 6.07) is 0. The van der Waals surface area contributed by atoms with E-state index >= 15 is 0 Å². The molecule has 2 atom stereocenters. The molecule has 0 fully saturated rings. The molecule has 0 bridgehead atoms. The summed E-state index contributed by atoms with van der Waals surface area (Å²) < 4.78 is 0. The van der Waals surface area contributed by atoms with E-state index in [1.807, 2.05) is 0 Å². The van der Waals surface area contributed by atoms with Crippen molar-refractivity contribution < 1.29 is 20.4 Å². The third-order valence-corrected chi connectivity index (χ3v) is 2.74. The molecule has 2 unspecified atom stereocenters. The normalized spacial score (nSPS) is 15.4. The van der Waals surface area contributed by atoms with E-state index in [2.05, 4.69) is 4.98 Å². The molecule has 0 aliphatic heterocycles. The average Bonchev–Trinajstić information content (AvgIpc) is 2.65. The molecule has 0 saturated carbocycles. The molecule has 0 aromatic carbocycles. The first kappa shape index (κ1) is 11.5. The van der Waals surface area contributed by atoms with Gasteiger partial charge in [-0.1, -0.05) is 0 Å². The third kappa shape index (κ3) is 2.73. The summed E-state index contributed by atoms with van der Waals surface area (Å²) in [7, 11) is 0. The van der Waals surface area contributed by atoms with E-state index in [0.29, 0.717) is 10.7 Å². The Hall–Kier alpha value is -0.530. The summed E-state index contributed by atoms with van der Waals surface area (Å²) in [5.74, 6) is 0. The summed E-state index contributed by atoms with van der Waals surface area (Å²) in [6.07, 6.45) is -2.00. The number of aliphatic hydroxyl groups excluding tert-OH is 4. The fourth-order valence-corrected chi connectivity index (χ4v) is 1.84. The first-order valence-electron chi connectivity index (χ1n) is 4.21. The van der Waals surface area contributed by atoms with Crippen LogP contribution in [0.4, 0.5) is 0 Å². The second kappa shape index (κ2) is 5.38. The second-order valence-corrected chi connectivity index (χ2v) is 3.75. The van der Waals surface area contributed by atoms with Crippen molar-refractivity contribution in [1.29, 1.82) is 0 Å². The summed E-state index contributed by atoms with van der Waals surface area (Å²) in [5.41, 5.74) is 0.472. The van der Waals surface area contributed by atoms with E-state index in [4.69, 9.17) is 10.2 Å². The van der Waals surface area contributed by atoms with E-state index in [1.54, 1.807) is 5.38 Å². The number of rotatable bonds is 5. The van der Waals surface area contributed by atoms with Crippen molar-refractivity contribution in [1.82, 2.24) is 4.98 Å². The Morgan fingerprint density at radius 1 is 1.36 bits per heavy atom. The standard InChI is InChI=1S/C8H13NO4S/c10-2-1-6(12)7(13)8-9-5(3-11)4-14-8/h4,6-7,10-13H,1-3H2. The van der Waals surface area contributed by atoms with Crippen LogP contribution in [0.15, 0.2) is 5.38 Å². The lowest BCUT2D eigenvalue weighted by atomic mass is 10.1. The van der Waals surface area contributed by atoms with Crippen LogP contribution in [0.5, 0.6) is 0 Å². The number of nitrogens with zero attached hydrogens (tertiary/aromatic N) is 1. The van der Waals surface area contributed by atoms with Crippen LogP contribution in [-0.4, -0.2) is 38.1 Å². The monoisotopic (exact) mass is 219 g/mol. The fraction of sp³-hybridized carbons (Fsp3) is 0.625. The van der Waals surface area contributed by atoms with Gasteiger partial charge in [-0.25, -0.2) is 4.98 Å². The minimum Gasteiger partial charge on any atom is -0.396 e. The quantitative estimate of drug-likeness (QED) is 0.531. The van der Waals surface area contributed by atoms with Gasteiger partial charge in [-0.05, 0) is 6.42 Å². The smallest absolute Gasteiger partial charge is 0.131 e. The van der Waals surface area contributed by atoms with Gasteiger partial charge in [0.25, 0.3) is 0 Å². The van der Waals surface area contributed by atoms with Crippen LogP contribution in [0.25, 0.3) is 0 Å². The lowest BCUT2D eigenvalue weighted by Crippen LogP contribution is -2.19. The maximum atomic E-state index is 9.53. The van der Waals surface area contributed by atoms with Crippen LogP contribution in [0.3, 0.4) is 0 Å². The first-order valence-corrected chi connectivity index (χ1v) is 5.09. The van der Waals surface area contributed by atoms with Crippen molar-refractivity contribution >= 4 is 11.3 Å². The Labute approximate surface area is 85.3 Å². The molecular formula is C8H13NO4S. The van der Waals surface area contributed by atoms with Gasteiger partial charge in [0.1, 0.15) is 11.1 Å². The zero-order valence-electron chi connectivity index (χ0n) is 7.50. The van der Waals surface area contributed by atoms with E-state index in [-0.39, 0.29) is 19.6 Å². The zero-order valence-corrected chi connectivity index (χ0v) is 8.31. The van der Waals surface area contributed by atoms with Gasteiger partial charge in [0, 0.05) is 12.0 Å². The molecule has 0 amide bonds. The van der Waals surface area contributed by atoms with Crippen LogP contribution in [0.2, 0.25) is 0 Å². The molecular weight excluding hydrogens is 206 g/mol. The first-order chi connectivity index (χ1) is 6.69. The molecule has 80 valence electrons. The fourth-order valence-electron chi connectivity index (χ4n) is 0.986. The van der Waals surface area contributed by atoms with E-state index in [0.717, 1.165) is 0 Å². The van der Waals surface area contributed by atoms with Gasteiger partial charge in [0.15, 0.2) is 0 Å². The van der Waals surface area contributed by atoms with Crippen molar-refractivity contribution in [3.63, 3.8) is 0 Å². The van der Waals surface area contributed by atoms with Crippen molar-refractivity contribution in [2.45, 2.75) is 25.2 Å². The molecule has 1 aromatic heterocycles. The maximum absolute atomic E-state index is 9.53. The number of thiazole rings is 1.